The summed E-state index contributed by atoms with van der Waals surface area (Å²) in [4.78, 5) is 28.8. The largest absolute Gasteiger partial charge is 0.481 e. The third-order valence-corrected chi connectivity index (χ3v) is 6.65. The van der Waals surface area contributed by atoms with Crippen LogP contribution in [0, 0.1) is 23.7 Å². The van der Waals surface area contributed by atoms with E-state index in [9.17, 15) is 23.5 Å². The summed E-state index contributed by atoms with van der Waals surface area (Å²) in [6.45, 7) is 1.14. The molecule has 1 aliphatic rings. The molecule has 1 amide bonds. The molecular formula is C26H30ClF2N3O5. The van der Waals surface area contributed by atoms with Crippen molar-refractivity contribution in [1.82, 2.24) is 14.9 Å². The smallest absolute Gasteiger partial charge is 0.387 e. The number of nitrogens with zero attached hydrogens (tertiary/aromatic N) is 2. The zero-order valence-corrected chi connectivity index (χ0v) is 21.6. The van der Waals surface area contributed by atoms with Gasteiger partial charge in [0.1, 0.15) is 22.7 Å². The van der Waals surface area contributed by atoms with E-state index in [4.69, 9.17) is 16.3 Å². The minimum atomic E-state index is -2.93. The molecule has 2 aromatic rings. The van der Waals surface area contributed by atoms with Crippen molar-refractivity contribution in [2.75, 3.05) is 13.7 Å². The van der Waals surface area contributed by atoms with Gasteiger partial charge in [-0.05, 0) is 80.7 Å². The van der Waals surface area contributed by atoms with Gasteiger partial charge in [0.15, 0.2) is 0 Å². The first-order valence-corrected chi connectivity index (χ1v) is 12.3. The van der Waals surface area contributed by atoms with E-state index in [1.165, 1.54) is 23.8 Å². The number of aliphatic carboxylic acids is 1. The summed E-state index contributed by atoms with van der Waals surface area (Å²) in [5.41, 5.74) is 0.239. The lowest BCUT2D eigenvalue weighted by atomic mass is 9.82. The summed E-state index contributed by atoms with van der Waals surface area (Å²) in [7, 11) is 1.52. The summed E-state index contributed by atoms with van der Waals surface area (Å²) in [6, 6.07) is 5.99. The Morgan fingerprint density at radius 1 is 1.24 bits per heavy atom. The Morgan fingerprint density at radius 2 is 1.89 bits per heavy atom. The lowest BCUT2D eigenvalue weighted by Gasteiger charge is -2.26. The van der Waals surface area contributed by atoms with Crippen LogP contribution in [0.5, 0.6) is 5.75 Å². The number of benzene rings is 1. The fourth-order valence-electron chi connectivity index (χ4n) is 4.04. The molecule has 1 aliphatic carbocycles. The first-order chi connectivity index (χ1) is 17.5. The van der Waals surface area contributed by atoms with E-state index in [1.54, 1.807) is 26.0 Å². The predicted octanol–water partition coefficient (Wildman–Crippen LogP) is 4.58. The lowest BCUT2D eigenvalue weighted by molar-refractivity contribution is -0.143. The number of amides is 1. The van der Waals surface area contributed by atoms with E-state index >= 15 is 0 Å². The maximum absolute atomic E-state index is 13.3. The van der Waals surface area contributed by atoms with Gasteiger partial charge in [-0.25, -0.2) is 4.98 Å². The zero-order chi connectivity index (χ0) is 27.2. The molecular weight excluding hydrogens is 508 g/mol. The molecule has 0 saturated heterocycles. The SMILES string of the molecule is COC(C)(C)C#Cc1nc(Cl)n(Cc2ccc(OC(F)F)cc2)c1C(=O)NCC1CCC(C(=O)O)CC1. The van der Waals surface area contributed by atoms with Crippen LogP contribution in [0.2, 0.25) is 5.28 Å². The minimum absolute atomic E-state index is 0.0133. The molecule has 2 N–H and O–H groups in total. The number of hydrogen-bond donors (Lipinski definition) is 2. The van der Waals surface area contributed by atoms with Gasteiger partial charge in [0, 0.05) is 13.7 Å². The van der Waals surface area contributed by atoms with Crippen LogP contribution in [0.4, 0.5) is 8.78 Å². The van der Waals surface area contributed by atoms with E-state index in [1.807, 2.05) is 0 Å². The molecule has 0 radical (unpaired) electrons. The van der Waals surface area contributed by atoms with Gasteiger partial charge < -0.3 is 24.5 Å². The number of rotatable bonds is 9. The summed E-state index contributed by atoms with van der Waals surface area (Å²) >= 11 is 6.42. The highest BCUT2D eigenvalue weighted by Gasteiger charge is 2.28. The molecule has 1 saturated carbocycles. The first kappa shape index (κ1) is 28.4. The molecule has 200 valence electrons. The molecule has 0 unspecified atom stereocenters. The molecule has 1 fully saturated rings. The van der Waals surface area contributed by atoms with Gasteiger partial charge in [-0.15, -0.1) is 0 Å². The number of aromatic nitrogens is 2. The monoisotopic (exact) mass is 537 g/mol. The van der Waals surface area contributed by atoms with Crippen LogP contribution in [-0.2, 0) is 16.1 Å². The van der Waals surface area contributed by atoms with E-state index in [0.29, 0.717) is 37.8 Å². The highest BCUT2D eigenvalue weighted by molar-refractivity contribution is 6.29. The fraction of sp³-hybridized carbons (Fsp3) is 0.500. The zero-order valence-electron chi connectivity index (χ0n) is 20.9. The fourth-order valence-corrected chi connectivity index (χ4v) is 4.27. The Hall–Kier alpha value is -3.16. The number of ether oxygens (including phenoxy) is 2. The van der Waals surface area contributed by atoms with E-state index in [-0.39, 0.29) is 40.8 Å². The maximum atomic E-state index is 13.3. The van der Waals surface area contributed by atoms with Crippen LogP contribution in [0.25, 0.3) is 0 Å². The molecule has 1 heterocycles. The molecule has 1 aromatic heterocycles. The summed E-state index contributed by atoms with van der Waals surface area (Å²) in [5.74, 6) is 4.48. The van der Waals surface area contributed by atoms with Crippen molar-refractivity contribution in [3.05, 3.63) is 46.5 Å². The van der Waals surface area contributed by atoms with Crippen LogP contribution >= 0.6 is 11.6 Å². The summed E-state index contributed by atoms with van der Waals surface area (Å²) in [5, 5.41) is 12.2. The Kier molecular flexibility index (Phi) is 9.51. The highest BCUT2D eigenvalue weighted by Crippen LogP contribution is 2.29. The van der Waals surface area contributed by atoms with Gasteiger partial charge >= 0.3 is 12.6 Å². The van der Waals surface area contributed by atoms with Crippen LogP contribution in [0.3, 0.4) is 0 Å². The molecule has 37 heavy (non-hydrogen) atoms. The van der Waals surface area contributed by atoms with Gasteiger partial charge in [0.25, 0.3) is 5.91 Å². The molecule has 11 heteroatoms. The summed E-state index contributed by atoms with van der Waals surface area (Å²) < 4.78 is 36.2. The standard InChI is InChI=1S/C26H30ClF2N3O5/c1-26(2,36-3)13-12-20-21(22(33)30-14-16-4-8-18(9-5-16)23(34)35)32(24(27)31-20)15-17-6-10-19(11-7-17)37-25(28)29/h6-7,10-11,16,18,25H,4-5,8-9,14-15H2,1-3H3,(H,30,33)(H,34,35). The quantitative estimate of drug-likeness (QED) is 0.454. The van der Waals surface area contributed by atoms with Crippen LogP contribution in [0.15, 0.2) is 24.3 Å². The van der Waals surface area contributed by atoms with Crippen molar-refractivity contribution in [3.8, 4) is 17.6 Å². The molecule has 0 atom stereocenters. The van der Waals surface area contributed by atoms with Crippen LogP contribution < -0.4 is 10.1 Å². The second kappa shape index (κ2) is 12.4. The molecule has 0 spiro atoms. The van der Waals surface area contributed by atoms with Crippen molar-refractivity contribution in [1.29, 1.82) is 0 Å². The number of imidazole rings is 1. The van der Waals surface area contributed by atoms with Crippen molar-refractivity contribution in [3.63, 3.8) is 0 Å². The van der Waals surface area contributed by atoms with E-state index in [2.05, 4.69) is 26.9 Å². The van der Waals surface area contributed by atoms with E-state index in [0.717, 1.165) is 0 Å². The van der Waals surface area contributed by atoms with Gasteiger partial charge in [-0.2, -0.15) is 8.78 Å². The van der Waals surface area contributed by atoms with E-state index < -0.39 is 24.1 Å². The van der Waals surface area contributed by atoms with Gasteiger partial charge in [0.05, 0.1) is 12.5 Å². The number of nitrogens with one attached hydrogen (secondary N) is 1. The average molecular weight is 538 g/mol. The lowest BCUT2D eigenvalue weighted by Crippen LogP contribution is -2.34. The van der Waals surface area contributed by atoms with Gasteiger partial charge in [-0.3, -0.25) is 9.59 Å². The molecule has 1 aromatic carbocycles. The number of carbonyl (C=O) groups excluding carboxylic acids is 1. The Balaban J connectivity index is 1.83. The van der Waals surface area contributed by atoms with Crippen LogP contribution in [-0.4, -0.2) is 52.4 Å². The Bertz CT molecular complexity index is 1160. The normalized spacial score (nSPS) is 17.7. The second-order valence-corrected chi connectivity index (χ2v) is 9.76. The second-order valence-electron chi connectivity index (χ2n) is 9.42. The van der Waals surface area contributed by atoms with Crippen molar-refractivity contribution < 1.29 is 33.0 Å². The Morgan fingerprint density at radius 3 is 2.46 bits per heavy atom. The minimum Gasteiger partial charge on any atom is -0.481 e. The first-order valence-electron chi connectivity index (χ1n) is 11.9. The van der Waals surface area contributed by atoms with Gasteiger partial charge in [-0.1, -0.05) is 18.1 Å². The third-order valence-electron chi connectivity index (χ3n) is 6.36. The average Bonchev–Trinajstić information content (AvgIpc) is 3.17. The number of carbonyl (C=O) groups is 2. The number of halogens is 3. The van der Waals surface area contributed by atoms with Crippen LogP contribution in [0.1, 0.15) is 61.3 Å². The van der Waals surface area contributed by atoms with Crippen molar-refractivity contribution in [2.24, 2.45) is 11.8 Å². The molecule has 0 aliphatic heterocycles. The third kappa shape index (κ3) is 7.91. The number of carboxylic acids is 1. The summed E-state index contributed by atoms with van der Waals surface area (Å²) in [6.07, 6.45) is 2.57. The Labute approximate surface area is 219 Å². The predicted molar refractivity (Wildman–Crippen MR) is 133 cm³/mol. The van der Waals surface area contributed by atoms with Crippen molar-refractivity contribution >= 4 is 23.5 Å². The molecule has 0 bridgehead atoms. The maximum Gasteiger partial charge on any atom is 0.387 e. The molecule has 8 nitrogen and oxygen atoms in total. The number of methoxy groups -OCH3 is 1. The highest BCUT2D eigenvalue weighted by atomic mass is 35.5. The number of carboxylic acid groups (broad SMARTS) is 1. The van der Waals surface area contributed by atoms with Gasteiger partial charge in [0.2, 0.25) is 5.28 Å². The van der Waals surface area contributed by atoms with Crippen molar-refractivity contribution in [2.45, 2.75) is 58.3 Å². The molecule has 3 rings (SSSR count). The number of alkyl halides is 2. The topological polar surface area (TPSA) is 103 Å². The number of hydrogen-bond acceptors (Lipinski definition) is 5.